The van der Waals surface area contributed by atoms with Gasteiger partial charge in [-0.1, -0.05) is 6.07 Å². The Kier molecular flexibility index (Phi) is 1.66. The highest BCUT2D eigenvalue weighted by atomic mass is 32.1. The van der Waals surface area contributed by atoms with Crippen molar-refractivity contribution in [3.63, 3.8) is 0 Å². The number of aryl methyl sites for hydroxylation is 1. The molecule has 1 aliphatic carbocycles. The minimum atomic E-state index is 0.263. The van der Waals surface area contributed by atoms with Crippen molar-refractivity contribution >= 4 is 12.6 Å². The Morgan fingerprint density at radius 2 is 2.27 bits per heavy atom. The largest absolute Gasteiger partial charge is 0.324 e. The maximum atomic E-state index is 5.87. The zero-order valence-electron chi connectivity index (χ0n) is 6.25. The molecule has 58 valence electrons. The molecule has 0 amide bonds. The number of hydrogen-bond donors (Lipinski definition) is 2. The molecule has 1 aromatic rings. The van der Waals surface area contributed by atoms with E-state index in [2.05, 4.69) is 24.8 Å². The first-order valence-electron chi connectivity index (χ1n) is 3.85. The van der Waals surface area contributed by atoms with Crippen LogP contribution in [0.1, 0.15) is 23.6 Å². The van der Waals surface area contributed by atoms with Crippen molar-refractivity contribution in [1.82, 2.24) is 0 Å². The van der Waals surface area contributed by atoms with Gasteiger partial charge in [0, 0.05) is 10.9 Å². The molecule has 2 rings (SSSR count). The van der Waals surface area contributed by atoms with Crippen molar-refractivity contribution in [3.8, 4) is 0 Å². The molecule has 0 radical (unpaired) electrons. The van der Waals surface area contributed by atoms with Crippen molar-refractivity contribution < 1.29 is 0 Å². The number of rotatable bonds is 0. The van der Waals surface area contributed by atoms with Gasteiger partial charge in [0.15, 0.2) is 0 Å². The Morgan fingerprint density at radius 3 is 3.09 bits per heavy atom. The minimum absolute atomic E-state index is 0.263. The second-order valence-corrected chi connectivity index (χ2v) is 3.54. The monoisotopic (exact) mass is 165 g/mol. The van der Waals surface area contributed by atoms with Crippen molar-refractivity contribution in [3.05, 3.63) is 29.3 Å². The fraction of sp³-hybridized carbons (Fsp3) is 0.333. The summed E-state index contributed by atoms with van der Waals surface area (Å²) in [5.74, 6) is 0. The van der Waals surface area contributed by atoms with Crippen LogP contribution in [-0.2, 0) is 6.42 Å². The first kappa shape index (κ1) is 7.19. The molecule has 0 aliphatic heterocycles. The summed E-state index contributed by atoms with van der Waals surface area (Å²) in [6.07, 6.45) is 2.21. The summed E-state index contributed by atoms with van der Waals surface area (Å²) in [6, 6.07) is 6.48. The highest BCUT2D eigenvalue weighted by Crippen LogP contribution is 2.30. The minimum Gasteiger partial charge on any atom is -0.324 e. The van der Waals surface area contributed by atoms with Gasteiger partial charge in [0.2, 0.25) is 0 Å². The molecule has 1 atom stereocenters. The zero-order valence-corrected chi connectivity index (χ0v) is 7.14. The van der Waals surface area contributed by atoms with Crippen LogP contribution in [-0.4, -0.2) is 0 Å². The smallest absolute Gasteiger partial charge is 0.0300 e. The average molecular weight is 165 g/mol. The summed E-state index contributed by atoms with van der Waals surface area (Å²) in [5.41, 5.74) is 8.56. The maximum absolute atomic E-state index is 5.87. The van der Waals surface area contributed by atoms with Gasteiger partial charge in [0.05, 0.1) is 0 Å². The third-order valence-electron chi connectivity index (χ3n) is 2.25. The van der Waals surface area contributed by atoms with Gasteiger partial charge >= 0.3 is 0 Å². The molecule has 0 spiro atoms. The van der Waals surface area contributed by atoms with E-state index >= 15 is 0 Å². The molecular formula is C9H11NS. The van der Waals surface area contributed by atoms with Gasteiger partial charge in [-0.15, -0.1) is 12.6 Å². The Hall–Kier alpha value is -0.470. The fourth-order valence-electron chi connectivity index (χ4n) is 1.64. The molecule has 1 nitrogen and oxygen atoms in total. The quantitative estimate of drug-likeness (QED) is 0.564. The maximum Gasteiger partial charge on any atom is 0.0300 e. The van der Waals surface area contributed by atoms with Gasteiger partial charge in [-0.05, 0) is 36.1 Å². The Morgan fingerprint density at radius 1 is 1.45 bits per heavy atom. The molecule has 1 aliphatic rings. The summed E-state index contributed by atoms with van der Waals surface area (Å²) in [6.45, 7) is 0. The van der Waals surface area contributed by atoms with Crippen LogP contribution in [0.4, 0.5) is 0 Å². The van der Waals surface area contributed by atoms with Gasteiger partial charge in [-0.2, -0.15) is 0 Å². The summed E-state index contributed by atoms with van der Waals surface area (Å²) in [7, 11) is 0. The summed E-state index contributed by atoms with van der Waals surface area (Å²) in [4.78, 5) is 1.04. The normalized spacial score (nSPS) is 21.8. The number of thiol groups is 1. The van der Waals surface area contributed by atoms with Gasteiger partial charge in [-0.25, -0.2) is 0 Å². The van der Waals surface area contributed by atoms with E-state index < -0.39 is 0 Å². The number of hydrogen-bond acceptors (Lipinski definition) is 2. The molecule has 0 unspecified atom stereocenters. The van der Waals surface area contributed by atoms with Crippen molar-refractivity contribution in [2.24, 2.45) is 5.73 Å². The van der Waals surface area contributed by atoms with Crippen molar-refractivity contribution in [2.45, 2.75) is 23.8 Å². The molecule has 11 heavy (non-hydrogen) atoms. The lowest BCUT2D eigenvalue weighted by Gasteiger charge is -2.03. The van der Waals surface area contributed by atoms with E-state index in [1.165, 1.54) is 11.1 Å². The lowest BCUT2D eigenvalue weighted by atomic mass is 10.1. The van der Waals surface area contributed by atoms with Crippen LogP contribution in [0.25, 0.3) is 0 Å². The first-order valence-corrected chi connectivity index (χ1v) is 4.29. The Labute approximate surface area is 72.0 Å². The predicted octanol–water partition coefficient (Wildman–Crippen LogP) is 1.92. The summed E-state index contributed by atoms with van der Waals surface area (Å²) >= 11 is 4.27. The second kappa shape index (κ2) is 2.54. The number of benzene rings is 1. The van der Waals surface area contributed by atoms with Gasteiger partial charge in [0.25, 0.3) is 0 Å². The molecule has 0 bridgehead atoms. The summed E-state index contributed by atoms with van der Waals surface area (Å²) < 4.78 is 0. The second-order valence-electron chi connectivity index (χ2n) is 3.03. The van der Waals surface area contributed by atoms with Crippen LogP contribution in [0.5, 0.6) is 0 Å². The van der Waals surface area contributed by atoms with Crippen molar-refractivity contribution in [2.75, 3.05) is 0 Å². The van der Waals surface area contributed by atoms with E-state index in [9.17, 15) is 0 Å². The standard InChI is InChI=1S/C9H11NS/c10-9-4-1-6-5-7(11)2-3-8(6)9/h2-3,5,9,11H,1,4,10H2/t9-/m0/s1. The lowest BCUT2D eigenvalue weighted by molar-refractivity contribution is 0.713. The van der Waals surface area contributed by atoms with Crippen molar-refractivity contribution in [1.29, 1.82) is 0 Å². The molecular weight excluding hydrogens is 154 g/mol. The molecule has 2 heteroatoms. The van der Waals surface area contributed by atoms with E-state index in [0.29, 0.717) is 0 Å². The predicted molar refractivity (Wildman–Crippen MR) is 48.9 cm³/mol. The van der Waals surface area contributed by atoms with Gasteiger partial charge < -0.3 is 5.73 Å². The molecule has 1 aromatic carbocycles. The molecule has 0 aromatic heterocycles. The average Bonchev–Trinajstić information content (AvgIpc) is 2.32. The fourth-order valence-corrected chi connectivity index (χ4v) is 1.87. The van der Waals surface area contributed by atoms with E-state index in [4.69, 9.17) is 5.73 Å². The lowest BCUT2D eigenvalue weighted by Crippen LogP contribution is -2.04. The molecule has 0 heterocycles. The number of fused-ring (bicyclic) bond motifs is 1. The van der Waals surface area contributed by atoms with Crippen LogP contribution in [0.15, 0.2) is 23.1 Å². The van der Waals surface area contributed by atoms with Gasteiger partial charge in [0.1, 0.15) is 0 Å². The molecule has 0 saturated carbocycles. The van der Waals surface area contributed by atoms with E-state index in [-0.39, 0.29) is 6.04 Å². The van der Waals surface area contributed by atoms with E-state index in [1.54, 1.807) is 0 Å². The zero-order chi connectivity index (χ0) is 7.84. The van der Waals surface area contributed by atoms with Gasteiger partial charge in [-0.3, -0.25) is 0 Å². The van der Waals surface area contributed by atoms with Crippen LogP contribution in [0.3, 0.4) is 0 Å². The Balaban J connectivity index is 2.50. The third kappa shape index (κ3) is 1.17. The van der Waals surface area contributed by atoms with Crippen LogP contribution < -0.4 is 5.73 Å². The Bertz CT molecular complexity index is 283. The number of nitrogens with two attached hydrogens (primary N) is 1. The SMILES string of the molecule is N[C@H]1CCc2cc(S)ccc21. The third-order valence-corrected chi connectivity index (χ3v) is 2.53. The molecule has 0 fully saturated rings. The molecule has 0 saturated heterocycles. The molecule has 2 N–H and O–H groups in total. The van der Waals surface area contributed by atoms with E-state index in [0.717, 1.165) is 17.7 Å². The van der Waals surface area contributed by atoms with Crippen LogP contribution >= 0.6 is 12.6 Å². The van der Waals surface area contributed by atoms with E-state index in [1.807, 2.05) is 6.07 Å². The topological polar surface area (TPSA) is 26.0 Å². The summed E-state index contributed by atoms with van der Waals surface area (Å²) in [5, 5.41) is 0. The highest BCUT2D eigenvalue weighted by Gasteiger charge is 2.17. The first-order chi connectivity index (χ1) is 5.27. The van der Waals surface area contributed by atoms with Crippen LogP contribution in [0.2, 0.25) is 0 Å². The van der Waals surface area contributed by atoms with Crippen LogP contribution in [0, 0.1) is 0 Å². The highest BCUT2D eigenvalue weighted by molar-refractivity contribution is 7.80.